The Kier molecular flexibility index (Phi) is 1.96. The van der Waals surface area contributed by atoms with Gasteiger partial charge in [-0.25, -0.2) is 0 Å². The van der Waals surface area contributed by atoms with Crippen LogP contribution in [0.1, 0.15) is 24.5 Å². The van der Waals surface area contributed by atoms with Gasteiger partial charge in [0, 0.05) is 5.56 Å². The van der Waals surface area contributed by atoms with Crippen LogP contribution in [-0.2, 0) is 9.53 Å². The molecule has 1 aliphatic heterocycles. The van der Waals surface area contributed by atoms with Crippen molar-refractivity contribution in [2.24, 2.45) is 0 Å². The summed E-state index contributed by atoms with van der Waals surface area (Å²) < 4.78 is 10.4. The van der Waals surface area contributed by atoms with E-state index < -0.39 is 0 Å². The highest BCUT2D eigenvalue weighted by Gasteiger charge is 2.26. The van der Waals surface area contributed by atoms with E-state index in [9.17, 15) is 4.79 Å². The molecule has 2 heterocycles. The molecule has 1 aromatic heterocycles. The molecule has 2 atom stereocenters. The Morgan fingerprint density at radius 1 is 1.50 bits per heavy atom. The average Bonchev–Trinajstić information content (AvgIpc) is 2.75. The maximum atomic E-state index is 10.4. The number of carbonyl (C=O) groups excluding carboxylic acids is 1. The van der Waals surface area contributed by atoms with Gasteiger partial charge in [0.05, 0.1) is 18.6 Å². The topological polar surface area (TPSA) is 39.4 Å². The van der Waals surface area contributed by atoms with Gasteiger partial charge in [-0.3, -0.25) is 0 Å². The molecule has 1 saturated heterocycles. The van der Waals surface area contributed by atoms with Gasteiger partial charge in [-0.15, -0.1) is 0 Å². The largest absolute Gasteiger partial charge is 0.472 e. The van der Waals surface area contributed by atoms with Gasteiger partial charge < -0.3 is 13.9 Å². The van der Waals surface area contributed by atoms with Crippen LogP contribution in [0.25, 0.3) is 0 Å². The molecular weight excluding hydrogens is 156 g/mol. The molecule has 0 radical (unpaired) electrons. The van der Waals surface area contributed by atoms with Crippen LogP contribution >= 0.6 is 0 Å². The number of hydrogen-bond acceptors (Lipinski definition) is 3. The van der Waals surface area contributed by atoms with Gasteiger partial charge in [-0.05, 0) is 18.9 Å². The lowest BCUT2D eigenvalue weighted by Gasteiger charge is -2.06. The second-order valence-electron chi connectivity index (χ2n) is 2.93. The zero-order chi connectivity index (χ0) is 8.39. The first-order valence-electron chi connectivity index (χ1n) is 4.03. The molecule has 0 spiro atoms. The van der Waals surface area contributed by atoms with Crippen LogP contribution in [0.2, 0.25) is 0 Å². The van der Waals surface area contributed by atoms with Crippen molar-refractivity contribution < 1.29 is 13.9 Å². The molecule has 64 valence electrons. The SMILES string of the molecule is O=CC1CCC(c2ccoc2)O1. The fourth-order valence-electron chi connectivity index (χ4n) is 1.47. The monoisotopic (exact) mass is 166 g/mol. The molecule has 2 unspecified atom stereocenters. The van der Waals surface area contributed by atoms with Crippen LogP contribution in [0.3, 0.4) is 0 Å². The van der Waals surface area contributed by atoms with Gasteiger partial charge in [0.1, 0.15) is 12.4 Å². The first kappa shape index (κ1) is 7.55. The quantitative estimate of drug-likeness (QED) is 0.628. The zero-order valence-electron chi connectivity index (χ0n) is 6.60. The van der Waals surface area contributed by atoms with Crippen LogP contribution in [-0.4, -0.2) is 12.4 Å². The summed E-state index contributed by atoms with van der Waals surface area (Å²) in [5.41, 5.74) is 1.03. The molecule has 2 rings (SSSR count). The Hall–Kier alpha value is -1.09. The Bertz CT molecular complexity index is 253. The van der Waals surface area contributed by atoms with Crippen molar-refractivity contribution in [2.45, 2.75) is 25.0 Å². The summed E-state index contributed by atoms with van der Waals surface area (Å²) in [6.07, 6.45) is 5.71. The number of carbonyl (C=O) groups is 1. The minimum Gasteiger partial charge on any atom is -0.472 e. The molecule has 0 aliphatic carbocycles. The van der Waals surface area contributed by atoms with Crippen molar-refractivity contribution in [3.8, 4) is 0 Å². The average molecular weight is 166 g/mol. The molecule has 1 aromatic rings. The molecule has 3 heteroatoms. The predicted molar refractivity (Wildman–Crippen MR) is 41.6 cm³/mol. The van der Waals surface area contributed by atoms with E-state index in [0.717, 1.165) is 24.7 Å². The van der Waals surface area contributed by atoms with E-state index in [1.54, 1.807) is 12.5 Å². The predicted octanol–water partition coefficient (Wildman–Crippen LogP) is 1.70. The van der Waals surface area contributed by atoms with E-state index in [4.69, 9.17) is 9.15 Å². The van der Waals surface area contributed by atoms with Crippen molar-refractivity contribution in [1.29, 1.82) is 0 Å². The van der Waals surface area contributed by atoms with E-state index in [1.807, 2.05) is 6.07 Å². The standard InChI is InChI=1S/C9H10O3/c10-5-8-1-2-9(12-8)7-3-4-11-6-7/h3-6,8-9H,1-2H2. The number of hydrogen-bond donors (Lipinski definition) is 0. The first-order valence-corrected chi connectivity index (χ1v) is 4.03. The van der Waals surface area contributed by atoms with Crippen LogP contribution in [0.4, 0.5) is 0 Å². The Balaban J connectivity index is 2.04. The smallest absolute Gasteiger partial charge is 0.148 e. The van der Waals surface area contributed by atoms with Gasteiger partial charge >= 0.3 is 0 Å². The normalized spacial score (nSPS) is 29.0. The molecule has 12 heavy (non-hydrogen) atoms. The van der Waals surface area contributed by atoms with Crippen molar-refractivity contribution in [3.63, 3.8) is 0 Å². The summed E-state index contributed by atoms with van der Waals surface area (Å²) in [5, 5.41) is 0. The van der Waals surface area contributed by atoms with Crippen molar-refractivity contribution in [1.82, 2.24) is 0 Å². The summed E-state index contributed by atoms with van der Waals surface area (Å²) in [6.45, 7) is 0. The Labute approximate surface area is 70.3 Å². The first-order chi connectivity index (χ1) is 5.90. The van der Waals surface area contributed by atoms with E-state index in [2.05, 4.69) is 0 Å². The fraction of sp³-hybridized carbons (Fsp3) is 0.444. The summed E-state index contributed by atoms with van der Waals surface area (Å²) >= 11 is 0. The molecule has 0 bridgehead atoms. The van der Waals surface area contributed by atoms with Gasteiger partial charge in [0.2, 0.25) is 0 Å². The van der Waals surface area contributed by atoms with Crippen molar-refractivity contribution in [2.75, 3.05) is 0 Å². The molecule has 3 nitrogen and oxygen atoms in total. The number of furan rings is 1. The molecule has 1 fully saturated rings. The molecule has 0 N–H and O–H groups in total. The van der Waals surface area contributed by atoms with Gasteiger partial charge in [0.15, 0.2) is 0 Å². The van der Waals surface area contributed by atoms with E-state index >= 15 is 0 Å². The highest BCUT2D eigenvalue weighted by Crippen LogP contribution is 2.31. The molecule has 1 aliphatic rings. The molecule has 0 aromatic carbocycles. The third-order valence-corrected chi connectivity index (χ3v) is 2.12. The Morgan fingerprint density at radius 3 is 3.00 bits per heavy atom. The number of aldehydes is 1. The second-order valence-corrected chi connectivity index (χ2v) is 2.93. The maximum Gasteiger partial charge on any atom is 0.148 e. The zero-order valence-corrected chi connectivity index (χ0v) is 6.60. The Morgan fingerprint density at radius 2 is 2.42 bits per heavy atom. The van der Waals surface area contributed by atoms with Gasteiger partial charge in [0.25, 0.3) is 0 Å². The van der Waals surface area contributed by atoms with Crippen LogP contribution in [0, 0.1) is 0 Å². The van der Waals surface area contributed by atoms with Crippen molar-refractivity contribution in [3.05, 3.63) is 24.2 Å². The summed E-state index contributed by atoms with van der Waals surface area (Å²) in [5.74, 6) is 0. The molecular formula is C9H10O3. The van der Waals surface area contributed by atoms with Gasteiger partial charge in [-0.2, -0.15) is 0 Å². The van der Waals surface area contributed by atoms with E-state index in [0.29, 0.717) is 0 Å². The van der Waals surface area contributed by atoms with Crippen molar-refractivity contribution >= 4 is 6.29 Å². The summed E-state index contributed by atoms with van der Waals surface area (Å²) in [4.78, 5) is 10.4. The number of ether oxygens (including phenoxy) is 1. The lowest BCUT2D eigenvalue weighted by atomic mass is 10.1. The highest BCUT2D eigenvalue weighted by molar-refractivity contribution is 5.56. The minimum atomic E-state index is -0.218. The van der Waals surface area contributed by atoms with Crippen LogP contribution in [0.5, 0.6) is 0 Å². The van der Waals surface area contributed by atoms with E-state index in [1.165, 1.54) is 0 Å². The van der Waals surface area contributed by atoms with Crippen LogP contribution in [0.15, 0.2) is 23.0 Å². The lowest BCUT2D eigenvalue weighted by Crippen LogP contribution is -2.06. The highest BCUT2D eigenvalue weighted by atomic mass is 16.5. The number of rotatable bonds is 2. The van der Waals surface area contributed by atoms with Crippen LogP contribution < -0.4 is 0 Å². The molecule has 0 saturated carbocycles. The maximum absolute atomic E-state index is 10.4. The van der Waals surface area contributed by atoms with Gasteiger partial charge in [-0.1, -0.05) is 0 Å². The lowest BCUT2D eigenvalue weighted by molar-refractivity contribution is -0.117. The summed E-state index contributed by atoms with van der Waals surface area (Å²) in [7, 11) is 0. The molecule has 0 amide bonds. The third kappa shape index (κ3) is 1.28. The fourth-order valence-corrected chi connectivity index (χ4v) is 1.47. The summed E-state index contributed by atoms with van der Waals surface area (Å²) in [6, 6.07) is 1.87. The van der Waals surface area contributed by atoms with E-state index in [-0.39, 0.29) is 12.2 Å². The minimum absolute atomic E-state index is 0.0546. The third-order valence-electron chi connectivity index (χ3n) is 2.12. The second kappa shape index (κ2) is 3.11.